The van der Waals surface area contributed by atoms with Crippen LogP contribution in [0.25, 0.3) is 0 Å². The van der Waals surface area contributed by atoms with Gasteiger partial charge in [-0.3, -0.25) is 4.79 Å². The predicted octanol–water partition coefficient (Wildman–Crippen LogP) is 2.24. The van der Waals surface area contributed by atoms with Gasteiger partial charge in [0.25, 0.3) is 5.91 Å². The van der Waals surface area contributed by atoms with E-state index in [4.69, 9.17) is 10.00 Å². The number of nitrogens with one attached hydrogen (secondary N) is 1. The van der Waals surface area contributed by atoms with Gasteiger partial charge in [0.1, 0.15) is 11.8 Å². The lowest BCUT2D eigenvalue weighted by Crippen LogP contribution is -2.44. The monoisotopic (exact) mass is 304 g/mol. The number of nitrogens with zero attached hydrogens (tertiary/aromatic N) is 1. The Morgan fingerprint density at radius 2 is 2.09 bits per heavy atom. The largest absolute Gasteiger partial charge is 0.479 e. The van der Waals surface area contributed by atoms with Gasteiger partial charge in [0, 0.05) is 6.54 Å². The lowest BCUT2D eigenvalue weighted by atomic mass is 10.1. The number of aliphatic hydroxyl groups is 1. The average Bonchev–Trinajstić information content (AvgIpc) is 2.50. The Kier molecular flexibility index (Phi) is 7.41. The van der Waals surface area contributed by atoms with Gasteiger partial charge in [-0.15, -0.1) is 0 Å². The van der Waals surface area contributed by atoms with E-state index in [0.717, 1.165) is 6.42 Å². The van der Waals surface area contributed by atoms with E-state index in [1.807, 2.05) is 26.8 Å². The number of carbonyl (C=O) groups excluding carboxylic acids is 1. The molecule has 5 nitrogen and oxygen atoms in total. The number of hydrogen-bond acceptors (Lipinski definition) is 4. The van der Waals surface area contributed by atoms with Crippen molar-refractivity contribution in [2.75, 3.05) is 6.54 Å². The van der Waals surface area contributed by atoms with Crippen LogP contribution in [0.2, 0.25) is 0 Å². The van der Waals surface area contributed by atoms with Crippen LogP contribution in [0.4, 0.5) is 0 Å². The van der Waals surface area contributed by atoms with Crippen LogP contribution in [0.3, 0.4) is 0 Å². The van der Waals surface area contributed by atoms with E-state index in [0.29, 0.717) is 17.7 Å². The first kappa shape index (κ1) is 18.0. The van der Waals surface area contributed by atoms with Crippen LogP contribution >= 0.6 is 0 Å². The van der Waals surface area contributed by atoms with Gasteiger partial charge in [0.15, 0.2) is 6.10 Å². The minimum atomic E-state index is -0.705. The smallest absolute Gasteiger partial charge is 0.261 e. The third-order valence-electron chi connectivity index (χ3n) is 3.26. The SMILES string of the molecule is CCCC(O)CNC(=O)C(Oc1ccccc1C#N)C(C)C. The maximum absolute atomic E-state index is 12.3. The van der Waals surface area contributed by atoms with E-state index in [2.05, 4.69) is 5.32 Å². The van der Waals surface area contributed by atoms with Crippen molar-refractivity contribution in [3.8, 4) is 11.8 Å². The zero-order chi connectivity index (χ0) is 16.5. The Hall–Kier alpha value is -2.06. The lowest BCUT2D eigenvalue weighted by Gasteiger charge is -2.23. The highest BCUT2D eigenvalue weighted by Gasteiger charge is 2.25. The van der Waals surface area contributed by atoms with Crippen LogP contribution in [0.15, 0.2) is 24.3 Å². The number of carbonyl (C=O) groups is 1. The molecule has 0 aliphatic heterocycles. The fraction of sp³-hybridized carbons (Fsp3) is 0.529. The highest BCUT2D eigenvalue weighted by atomic mass is 16.5. The summed E-state index contributed by atoms with van der Waals surface area (Å²) < 4.78 is 5.74. The topological polar surface area (TPSA) is 82.3 Å². The van der Waals surface area contributed by atoms with E-state index < -0.39 is 12.2 Å². The Morgan fingerprint density at radius 3 is 2.68 bits per heavy atom. The minimum absolute atomic E-state index is 0.0601. The fourth-order valence-electron chi connectivity index (χ4n) is 2.05. The van der Waals surface area contributed by atoms with Crippen molar-refractivity contribution < 1.29 is 14.6 Å². The molecule has 0 aliphatic carbocycles. The summed E-state index contributed by atoms with van der Waals surface area (Å²) in [5.74, 6) is 0.0564. The molecule has 0 heterocycles. The van der Waals surface area contributed by atoms with Crippen LogP contribution in [0.1, 0.15) is 39.2 Å². The first-order valence-electron chi connectivity index (χ1n) is 7.61. The zero-order valence-electron chi connectivity index (χ0n) is 13.4. The molecule has 2 unspecified atom stereocenters. The number of rotatable bonds is 8. The van der Waals surface area contributed by atoms with Crippen molar-refractivity contribution in [2.45, 2.75) is 45.8 Å². The van der Waals surface area contributed by atoms with Gasteiger partial charge in [0.05, 0.1) is 11.7 Å². The van der Waals surface area contributed by atoms with Crippen molar-refractivity contribution in [1.29, 1.82) is 5.26 Å². The van der Waals surface area contributed by atoms with E-state index >= 15 is 0 Å². The summed E-state index contributed by atoms with van der Waals surface area (Å²) in [6.45, 7) is 5.94. The molecule has 1 amide bonds. The van der Waals surface area contributed by atoms with Gasteiger partial charge in [-0.1, -0.05) is 39.3 Å². The third-order valence-corrected chi connectivity index (χ3v) is 3.26. The molecule has 5 heteroatoms. The lowest BCUT2D eigenvalue weighted by molar-refractivity contribution is -0.130. The van der Waals surface area contributed by atoms with E-state index in [9.17, 15) is 9.90 Å². The molecule has 0 fully saturated rings. The highest BCUT2D eigenvalue weighted by Crippen LogP contribution is 2.20. The molecule has 0 saturated carbocycles. The Balaban J connectivity index is 2.73. The summed E-state index contributed by atoms with van der Waals surface area (Å²) in [5, 5.41) is 21.5. The van der Waals surface area contributed by atoms with Gasteiger partial charge in [-0.25, -0.2) is 0 Å². The number of hydrogen-bond donors (Lipinski definition) is 2. The number of aliphatic hydroxyl groups excluding tert-OH is 1. The summed E-state index contributed by atoms with van der Waals surface area (Å²) in [6, 6.07) is 8.88. The van der Waals surface area contributed by atoms with Crippen LogP contribution in [-0.4, -0.2) is 29.8 Å². The summed E-state index contributed by atoms with van der Waals surface area (Å²) in [5.41, 5.74) is 0.395. The van der Waals surface area contributed by atoms with Crippen LogP contribution in [-0.2, 0) is 4.79 Å². The number of para-hydroxylation sites is 1. The molecular formula is C17H24N2O3. The maximum atomic E-state index is 12.3. The summed E-state index contributed by atoms with van der Waals surface area (Å²) in [7, 11) is 0. The van der Waals surface area contributed by atoms with Gasteiger partial charge < -0.3 is 15.2 Å². The van der Waals surface area contributed by atoms with Gasteiger partial charge in [-0.2, -0.15) is 5.26 Å². The van der Waals surface area contributed by atoms with Gasteiger partial charge in [-0.05, 0) is 24.5 Å². The zero-order valence-corrected chi connectivity index (χ0v) is 13.4. The quantitative estimate of drug-likeness (QED) is 0.771. The second-order valence-electron chi connectivity index (χ2n) is 5.58. The Morgan fingerprint density at radius 1 is 1.41 bits per heavy atom. The third kappa shape index (κ3) is 5.38. The molecule has 1 aromatic rings. The predicted molar refractivity (Wildman–Crippen MR) is 84.3 cm³/mol. The van der Waals surface area contributed by atoms with Crippen LogP contribution in [0, 0.1) is 17.2 Å². The molecule has 0 aromatic heterocycles. The average molecular weight is 304 g/mol. The van der Waals surface area contributed by atoms with Crippen molar-refractivity contribution in [2.24, 2.45) is 5.92 Å². The van der Waals surface area contributed by atoms with Crippen molar-refractivity contribution >= 4 is 5.91 Å². The van der Waals surface area contributed by atoms with Crippen LogP contribution in [0.5, 0.6) is 5.75 Å². The van der Waals surface area contributed by atoms with Crippen molar-refractivity contribution in [1.82, 2.24) is 5.32 Å². The van der Waals surface area contributed by atoms with Gasteiger partial charge in [0.2, 0.25) is 0 Å². The molecule has 120 valence electrons. The Labute approximate surface area is 131 Å². The van der Waals surface area contributed by atoms with E-state index in [-0.39, 0.29) is 18.4 Å². The molecular weight excluding hydrogens is 280 g/mol. The number of nitriles is 1. The minimum Gasteiger partial charge on any atom is -0.479 e. The second-order valence-corrected chi connectivity index (χ2v) is 5.58. The summed E-state index contributed by atoms with van der Waals surface area (Å²) >= 11 is 0. The molecule has 0 radical (unpaired) electrons. The molecule has 1 rings (SSSR count). The maximum Gasteiger partial charge on any atom is 0.261 e. The van der Waals surface area contributed by atoms with Gasteiger partial charge >= 0.3 is 0 Å². The molecule has 1 aromatic carbocycles. The highest BCUT2D eigenvalue weighted by molar-refractivity contribution is 5.81. The molecule has 2 atom stereocenters. The fourth-order valence-corrected chi connectivity index (χ4v) is 2.05. The van der Waals surface area contributed by atoms with E-state index in [1.54, 1.807) is 24.3 Å². The van der Waals surface area contributed by atoms with Crippen molar-refractivity contribution in [3.63, 3.8) is 0 Å². The summed E-state index contributed by atoms with van der Waals surface area (Å²) in [6.07, 6.45) is 0.248. The first-order chi connectivity index (χ1) is 10.5. The Bertz CT molecular complexity index is 523. The molecule has 22 heavy (non-hydrogen) atoms. The molecule has 2 N–H and O–H groups in total. The molecule has 0 spiro atoms. The second kappa shape index (κ2) is 9.06. The summed E-state index contributed by atoms with van der Waals surface area (Å²) in [4.78, 5) is 12.3. The first-order valence-corrected chi connectivity index (χ1v) is 7.61. The standard InChI is InChI=1S/C17H24N2O3/c1-4-7-14(20)11-19-17(21)16(12(2)3)22-15-9-6-5-8-13(15)10-18/h5-6,8-9,12,14,16,20H,4,7,11H2,1-3H3,(H,19,21). The van der Waals surface area contributed by atoms with Crippen molar-refractivity contribution in [3.05, 3.63) is 29.8 Å². The number of ether oxygens (including phenoxy) is 1. The molecule has 0 saturated heterocycles. The number of amides is 1. The number of benzene rings is 1. The molecule has 0 bridgehead atoms. The molecule has 0 aliphatic rings. The normalized spacial score (nSPS) is 13.3. The van der Waals surface area contributed by atoms with E-state index in [1.165, 1.54) is 0 Å². The van der Waals surface area contributed by atoms with Crippen LogP contribution < -0.4 is 10.1 Å².